The minimum atomic E-state index is 0.739. The fraction of sp³-hybridized carbons (Fsp3) is 0. The lowest BCUT2D eigenvalue weighted by Gasteiger charge is -2.06. The molecule has 0 amide bonds. The summed E-state index contributed by atoms with van der Waals surface area (Å²) >= 11 is 0. The Labute approximate surface area is 103 Å². The third-order valence-electron chi connectivity index (χ3n) is 2.34. The van der Waals surface area contributed by atoms with Gasteiger partial charge in [-0.25, -0.2) is 19.6 Å². The van der Waals surface area contributed by atoms with Crippen LogP contribution in [-0.4, -0.2) is 24.7 Å². The molecule has 0 saturated carbocycles. The van der Waals surface area contributed by atoms with Crippen molar-refractivity contribution < 1.29 is 0 Å². The molecule has 3 aromatic rings. The van der Waals surface area contributed by atoms with Gasteiger partial charge in [0.2, 0.25) is 0 Å². The quantitative estimate of drug-likeness (QED) is 0.753. The van der Waals surface area contributed by atoms with Gasteiger partial charge in [-0.05, 0) is 18.2 Å². The van der Waals surface area contributed by atoms with E-state index in [9.17, 15) is 0 Å². The maximum atomic E-state index is 4.25. The smallest absolute Gasteiger partial charge is 0.155 e. The Kier molecular flexibility index (Phi) is 2.67. The molecule has 0 aliphatic carbocycles. The number of hydrogen-bond acceptors (Lipinski definition) is 5. The first kappa shape index (κ1) is 10.4. The van der Waals surface area contributed by atoms with E-state index in [-0.39, 0.29) is 0 Å². The summed E-state index contributed by atoms with van der Waals surface area (Å²) in [5.74, 6) is 1.49. The van der Waals surface area contributed by atoms with Crippen LogP contribution in [0.15, 0.2) is 55.4 Å². The summed E-state index contributed by atoms with van der Waals surface area (Å²) < 4.78 is 1.70. The zero-order valence-electron chi connectivity index (χ0n) is 9.43. The molecule has 0 bridgehead atoms. The third-order valence-corrected chi connectivity index (χ3v) is 2.34. The molecule has 18 heavy (non-hydrogen) atoms. The highest BCUT2D eigenvalue weighted by Gasteiger charge is 2.00. The van der Waals surface area contributed by atoms with E-state index in [1.807, 2.05) is 24.4 Å². The van der Waals surface area contributed by atoms with E-state index in [0.717, 1.165) is 17.3 Å². The molecule has 0 saturated heterocycles. The molecule has 3 heterocycles. The second kappa shape index (κ2) is 4.62. The Morgan fingerprint density at radius 1 is 1.06 bits per heavy atom. The minimum absolute atomic E-state index is 0.739. The molecule has 0 spiro atoms. The highest BCUT2D eigenvalue weighted by Crippen LogP contribution is 2.15. The summed E-state index contributed by atoms with van der Waals surface area (Å²) in [6.45, 7) is 0. The normalized spacial score (nSPS) is 10.2. The summed E-state index contributed by atoms with van der Waals surface area (Å²) in [7, 11) is 0. The highest BCUT2D eigenvalue weighted by atomic mass is 15.3. The Hall–Kier alpha value is -2.76. The molecular weight excluding hydrogens is 228 g/mol. The average Bonchev–Trinajstić information content (AvgIpc) is 2.94. The monoisotopic (exact) mass is 238 g/mol. The Morgan fingerprint density at radius 2 is 2.06 bits per heavy atom. The van der Waals surface area contributed by atoms with Crippen molar-refractivity contribution in [1.29, 1.82) is 0 Å². The third kappa shape index (κ3) is 2.17. The summed E-state index contributed by atoms with van der Waals surface area (Å²) in [6, 6.07) is 7.42. The van der Waals surface area contributed by atoms with E-state index < -0.39 is 0 Å². The molecule has 0 aliphatic heterocycles. The van der Waals surface area contributed by atoms with Crippen LogP contribution in [0.2, 0.25) is 0 Å². The Bertz CT molecular complexity index is 620. The summed E-state index contributed by atoms with van der Waals surface area (Å²) in [6.07, 6.45) is 8.46. The highest BCUT2D eigenvalue weighted by molar-refractivity contribution is 5.57. The van der Waals surface area contributed by atoms with E-state index in [1.54, 1.807) is 29.3 Å². The lowest BCUT2D eigenvalue weighted by molar-refractivity contribution is 0.847. The molecule has 0 fully saturated rings. The van der Waals surface area contributed by atoms with Gasteiger partial charge in [0, 0.05) is 36.5 Å². The SMILES string of the molecule is c1cnn(-c2cc(Nc3ccncn3)ccn2)c1. The van der Waals surface area contributed by atoms with Crippen molar-refractivity contribution >= 4 is 11.5 Å². The van der Waals surface area contributed by atoms with Gasteiger partial charge in [0.05, 0.1) is 0 Å². The molecule has 0 atom stereocenters. The maximum absolute atomic E-state index is 4.25. The van der Waals surface area contributed by atoms with Crippen LogP contribution in [0.3, 0.4) is 0 Å². The molecule has 6 nitrogen and oxygen atoms in total. The van der Waals surface area contributed by atoms with Gasteiger partial charge in [-0.3, -0.25) is 0 Å². The van der Waals surface area contributed by atoms with Gasteiger partial charge < -0.3 is 5.32 Å². The fourth-order valence-electron chi connectivity index (χ4n) is 1.54. The maximum Gasteiger partial charge on any atom is 0.155 e. The van der Waals surface area contributed by atoms with Crippen LogP contribution in [0.5, 0.6) is 0 Å². The summed E-state index contributed by atoms with van der Waals surface area (Å²) in [5, 5.41) is 7.31. The topological polar surface area (TPSA) is 68.5 Å². The van der Waals surface area contributed by atoms with Gasteiger partial charge in [-0.2, -0.15) is 5.10 Å². The average molecular weight is 238 g/mol. The van der Waals surface area contributed by atoms with Crippen LogP contribution in [0.25, 0.3) is 5.82 Å². The molecule has 3 aromatic heterocycles. The number of nitrogens with zero attached hydrogens (tertiary/aromatic N) is 5. The molecule has 0 aliphatic rings. The minimum Gasteiger partial charge on any atom is -0.340 e. The van der Waals surface area contributed by atoms with Crippen molar-refractivity contribution in [2.75, 3.05) is 5.32 Å². The molecule has 6 heteroatoms. The number of hydrogen-bond donors (Lipinski definition) is 1. The van der Waals surface area contributed by atoms with Crippen LogP contribution in [0, 0.1) is 0 Å². The van der Waals surface area contributed by atoms with Gasteiger partial charge >= 0.3 is 0 Å². The van der Waals surface area contributed by atoms with E-state index in [0.29, 0.717) is 0 Å². The first-order valence-corrected chi connectivity index (χ1v) is 5.41. The van der Waals surface area contributed by atoms with Crippen molar-refractivity contribution in [1.82, 2.24) is 24.7 Å². The number of pyridine rings is 1. The Morgan fingerprint density at radius 3 is 2.83 bits per heavy atom. The van der Waals surface area contributed by atoms with Crippen molar-refractivity contribution in [3.8, 4) is 5.82 Å². The molecule has 0 unspecified atom stereocenters. The number of rotatable bonds is 3. The van der Waals surface area contributed by atoms with Gasteiger partial charge in [0.25, 0.3) is 0 Å². The van der Waals surface area contributed by atoms with E-state index >= 15 is 0 Å². The zero-order chi connectivity index (χ0) is 12.2. The van der Waals surface area contributed by atoms with Gasteiger partial charge in [0.1, 0.15) is 12.1 Å². The van der Waals surface area contributed by atoms with Crippen LogP contribution in [0.4, 0.5) is 11.5 Å². The predicted molar refractivity (Wildman–Crippen MR) is 66.7 cm³/mol. The van der Waals surface area contributed by atoms with Crippen LogP contribution < -0.4 is 5.32 Å². The molecule has 0 radical (unpaired) electrons. The number of anilines is 2. The lowest BCUT2D eigenvalue weighted by Crippen LogP contribution is -1.99. The number of nitrogens with one attached hydrogen (secondary N) is 1. The standard InChI is InChI=1S/C12H10N6/c1-4-16-18(7-1)12-8-10(2-6-14-12)17-11-3-5-13-9-15-11/h1-9H,(H,13,14,15,17). The number of aromatic nitrogens is 5. The molecule has 3 rings (SSSR count). The van der Waals surface area contributed by atoms with Crippen LogP contribution in [-0.2, 0) is 0 Å². The van der Waals surface area contributed by atoms with Crippen molar-refractivity contribution in [2.24, 2.45) is 0 Å². The molecule has 1 N–H and O–H groups in total. The van der Waals surface area contributed by atoms with Gasteiger partial charge in [-0.15, -0.1) is 0 Å². The summed E-state index contributed by atoms with van der Waals surface area (Å²) in [4.78, 5) is 12.2. The lowest BCUT2D eigenvalue weighted by atomic mass is 10.4. The molecule has 88 valence electrons. The van der Waals surface area contributed by atoms with Crippen molar-refractivity contribution in [3.63, 3.8) is 0 Å². The van der Waals surface area contributed by atoms with Crippen LogP contribution in [0.1, 0.15) is 0 Å². The van der Waals surface area contributed by atoms with E-state index in [2.05, 4.69) is 25.4 Å². The zero-order valence-corrected chi connectivity index (χ0v) is 9.43. The second-order valence-corrected chi connectivity index (χ2v) is 3.57. The largest absolute Gasteiger partial charge is 0.340 e. The van der Waals surface area contributed by atoms with Crippen LogP contribution >= 0.6 is 0 Å². The second-order valence-electron chi connectivity index (χ2n) is 3.57. The van der Waals surface area contributed by atoms with Crippen molar-refractivity contribution in [2.45, 2.75) is 0 Å². The molecular formula is C12H10N6. The predicted octanol–water partition coefficient (Wildman–Crippen LogP) is 1.80. The van der Waals surface area contributed by atoms with E-state index in [4.69, 9.17) is 0 Å². The first-order chi connectivity index (χ1) is 8.92. The fourth-order valence-corrected chi connectivity index (χ4v) is 1.54. The summed E-state index contributed by atoms with van der Waals surface area (Å²) in [5.41, 5.74) is 0.897. The van der Waals surface area contributed by atoms with Gasteiger partial charge in [0.15, 0.2) is 5.82 Å². The molecule has 0 aromatic carbocycles. The Balaban J connectivity index is 1.88. The van der Waals surface area contributed by atoms with E-state index in [1.165, 1.54) is 6.33 Å². The van der Waals surface area contributed by atoms with Crippen molar-refractivity contribution in [3.05, 3.63) is 55.4 Å². The van der Waals surface area contributed by atoms with Gasteiger partial charge in [-0.1, -0.05) is 0 Å². The first-order valence-electron chi connectivity index (χ1n) is 5.41.